The fraction of sp³-hybridized carbons (Fsp3) is 0.600. The van der Waals surface area contributed by atoms with Gasteiger partial charge in [-0.25, -0.2) is 0 Å². The van der Waals surface area contributed by atoms with Crippen LogP contribution in [0.2, 0.25) is 0 Å². The van der Waals surface area contributed by atoms with Gasteiger partial charge >= 0.3 is 0 Å². The molecule has 4 saturated carbocycles. The van der Waals surface area contributed by atoms with Crippen molar-refractivity contribution in [2.24, 2.45) is 23.2 Å². The van der Waals surface area contributed by atoms with Gasteiger partial charge < -0.3 is 5.32 Å². The highest BCUT2D eigenvalue weighted by Gasteiger charge is 2.54. The number of amides is 1. The monoisotopic (exact) mass is 429 g/mol. The second-order valence-electron chi connectivity index (χ2n) is 8.82. The molecule has 142 valence electrons. The summed E-state index contributed by atoms with van der Waals surface area (Å²) in [6.07, 6.45) is 7.21. The molecule has 0 saturated heterocycles. The van der Waals surface area contributed by atoms with Crippen LogP contribution in [0.5, 0.6) is 0 Å². The molecule has 0 spiro atoms. The van der Waals surface area contributed by atoms with Gasteiger partial charge in [-0.3, -0.25) is 4.79 Å². The average Bonchev–Trinajstić information content (AvgIpc) is 3.11. The van der Waals surface area contributed by atoms with Gasteiger partial charge in [0.2, 0.25) is 5.91 Å². The van der Waals surface area contributed by atoms with Gasteiger partial charge in [-0.2, -0.15) is 4.68 Å². The van der Waals surface area contributed by atoms with Crippen LogP contribution in [0, 0.1) is 23.2 Å². The van der Waals surface area contributed by atoms with Crippen molar-refractivity contribution >= 4 is 21.8 Å². The molecule has 1 N–H and O–H groups in total. The van der Waals surface area contributed by atoms with Gasteiger partial charge in [0.1, 0.15) is 0 Å². The van der Waals surface area contributed by atoms with Crippen molar-refractivity contribution in [1.29, 1.82) is 0 Å². The fourth-order valence-electron chi connectivity index (χ4n) is 6.03. The molecule has 2 aromatic rings. The van der Waals surface area contributed by atoms with Gasteiger partial charge in [-0.05, 0) is 97.9 Å². The summed E-state index contributed by atoms with van der Waals surface area (Å²) >= 11 is 3.45. The quantitative estimate of drug-likeness (QED) is 0.801. The smallest absolute Gasteiger partial charge is 0.226 e. The molecule has 7 heteroatoms. The van der Waals surface area contributed by atoms with Crippen LogP contribution in [0.15, 0.2) is 28.7 Å². The molecule has 1 unspecified atom stereocenters. The lowest BCUT2D eigenvalue weighted by Gasteiger charge is -2.55. The predicted octanol–water partition coefficient (Wildman–Crippen LogP) is 3.82. The topological polar surface area (TPSA) is 72.7 Å². The van der Waals surface area contributed by atoms with Crippen LogP contribution < -0.4 is 5.32 Å². The number of nitrogens with one attached hydrogen (secondary N) is 1. The van der Waals surface area contributed by atoms with Crippen molar-refractivity contribution in [2.75, 3.05) is 0 Å². The molecule has 6 rings (SSSR count). The van der Waals surface area contributed by atoms with Crippen LogP contribution >= 0.6 is 15.9 Å². The molecule has 6 nitrogen and oxygen atoms in total. The zero-order valence-electron chi connectivity index (χ0n) is 15.4. The third-order valence-electron chi connectivity index (χ3n) is 6.82. The minimum absolute atomic E-state index is 0.154. The Kier molecular flexibility index (Phi) is 4.11. The summed E-state index contributed by atoms with van der Waals surface area (Å²) in [5, 5.41) is 15.4. The molecule has 4 aliphatic rings. The summed E-state index contributed by atoms with van der Waals surface area (Å²) in [5.41, 5.74) is 0.730. The van der Waals surface area contributed by atoms with E-state index in [9.17, 15) is 4.79 Å². The number of benzene rings is 1. The molecule has 1 amide bonds. The second kappa shape index (κ2) is 6.40. The summed E-state index contributed by atoms with van der Waals surface area (Å²) in [6, 6.07) is 7.60. The zero-order chi connectivity index (χ0) is 18.6. The molecule has 1 atom stereocenters. The van der Waals surface area contributed by atoms with Crippen molar-refractivity contribution < 1.29 is 4.79 Å². The van der Waals surface area contributed by atoms with Crippen LogP contribution in [0.1, 0.15) is 57.3 Å². The van der Waals surface area contributed by atoms with E-state index in [0.717, 1.165) is 47.2 Å². The predicted molar refractivity (Wildman–Crippen MR) is 104 cm³/mol. The number of hydrogen-bond donors (Lipinski definition) is 1. The standard InChI is InChI=1S/C20H24BrN5O/c1-12(18-23-24-25-26(18)17-4-2-16(21)3-5-17)22-19(27)20-9-13-6-14(10-20)8-15(7-13)11-20/h2-5,12-15H,6-11H2,1H3,(H,22,27). The minimum Gasteiger partial charge on any atom is -0.346 e. The maximum atomic E-state index is 13.3. The van der Waals surface area contributed by atoms with Crippen LogP contribution in [0.3, 0.4) is 0 Å². The number of carbonyl (C=O) groups is 1. The Morgan fingerprint density at radius 1 is 1.15 bits per heavy atom. The van der Waals surface area contributed by atoms with E-state index in [-0.39, 0.29) is 17.4 Å². The molecular formula is C20H24BrN5O. The van der Waals surface area contributed by atoms with E-state index in [1.807, 2.05) is 31.2 Å². The summed E-state index contributed by atoms with van der Waals surface area (Å²) in [7, 11) is 0. The number of tetrazole rings is 1. The summed E-state index contributed by atoms with van der Waals surface area (Å²) < 4.78 is 2.71. The lowest BCUT2D eigenvalue weighted by molar-refractivity contribution is -0.147. The lowest BCUT2D eigenvalue weighted by atomic mass is 9.49. The molecule has 4 fully saturated rings. The van der Waals surface area contributed by atoms with Gasteiger partial charge in [-0.1, -0.05) is 15.9 Å². The average molecular weight is 430 g/mol. The maximum Gasteiger partial charge on any atom is 0.226 e. The number of nitrogens with zero attached hydrogens (tertiary/aromatic N) is 4. The van der Waals surface area contributed by atoms with Gasteiger partial charge in [0.15, 0.2) is 5.82 Å². The molecular weight excluding hydrogens is 406 g/mol. The summed E-state index contributed by atoms with van der Waals surface area (Å²) in [5.74, 6) is 3.14. The van der Waals surface area contributed by atoms with Crippen molar-refractivity contribution in [3.8, 4) is 5.69 Å². The zero-order valence-corrected chi connectivity index (χ0v) is 17.0. The first kappa shape index (κ1) is 17.3. The van der Waals surface area contributed by atoms with Crippen molar-refractivity contribution in [1.82, 2.24) is 25.5 Å². The number of hydrogen-bond acceptors (Lipinski definition) is 4. The number of halogens is 1. The van der Waals surface area contributed by atoms with Gasteiger partial charge in [0.05, 0.1) is 11.7 Å². The molecule has 27 heavy (non-hydrogen) atoms. The Morgan fingerprint density at radius 3 is 2.33 bits per heavy atom. The van der Waals surface area contributed by atoms with E-state index < -0.39 is 0 Å². The highest BCUT2D eigenvalue weighted by Crippen LogP contribution is 2.60. The number of rotatable bonds is 4. The molecule has 1 heterocycles. The van der Waals surface area contributed by atoms with E-state index >= 15 is 0 Å². The number of carbonyl (C=O) groups excluding carboxylic acids is 1. The first-order valence-electron chi connectivity index (χ1n) is 9.87. The van der Waals surface area contributed by atoms with E-state index in [4.69, 9.17) is 0 Å². The van der Waals surface area contributed by atoms with E-state index in [2.05, 4.69) is 36.8 Å². The Balaban J connectivity index is 1.35. The highest BCUT2D eigenvalue weighted by atomic mass is 79.9. The SMILES string of the molecule is CC(NC(=O)C12CC3CC(CC(C3)C1)C2)c1nnnn1-c1ccc(Br)cc1. The van der Waals surface area contributed by atoms with Crippen LogP contribution in [0.4, 0.5) is 0 Å². The van der Waals surface area contributed by atoms with E-state index in [1.165, 1.54) is 19.3 Å². The normalized spacial score (nSPS) is 32.4. The lowest BCUT2D eigenvalue weighted by Crippen LogP contribution is -2.54. The molecule has 1 aromatic heterocycles. The van der Waals surface area contributed by atoms with Gasteiger partial charge in [0.25, 0.3) is 0 Å². The fourth-order valence-corrected chi connectivity index (χ4v) is 6.30. The Hall–Kier alpha value is -1.76. The Labute approximate surface area is 167 Å². The molecule has 1 aromatic carbocycles. The van der Waals surface area contributed by atoms with Gasteiger partial charge in [-0.15, -0.1) is 5.10 Å². The van der Waals surface area contributed by atoms with Crippen molar-refractivity contribution in [3.05, 3.63) is 34.6 Å². The van der Waals surface area contributed by atoms with Crippen LogP contribution in [0.25, 0.3) is 5.69 Å². The largest absolute Gasteiger partial charge is 0.346 e. The maximum absolute atomic E-state index is 13.3. The first-order valence-corrected chi connectivity index (χ1v) is 10.7. The van der Waals surface area contributed by atoms with Crippen molar-refractivity contribution in [2.45, 2.75) is 51.5 Å². The van der Waals surface area contributed by atoms with E-state index in [1.54, 1.807) is 4.68 Å². The second-order valence-corrected chi connectivity index (χ2v) is 9.73. The third kappa shape index (κ3) is 3.00. The number of aromatic nitrogens is 4. The summed E-state index contributed by atoms with van der Waals surface area (Å²) in [4.78, 5) is 13.3. The Bertz CT molecular complexity index is 826. The minimum atomic E-state index is -0.232. The molecule has 0 radical (unpaired) electrons. The van der Waals surface area contributed by atoms with Crippen LogP contribution in [-0.2, 0) is 4.79 Å². The third-order valence-corrected chi connectivity index (χ3v) is 7.35. The molecule has 0 aliphatic heterocycles. The molecule has 4 bridgehead atoms. The molecule has 4 aliphatic carbocycles. The Morgan fingerprint density at radius 2 is 1.74 bits per heavy atom. The first-order chi connectivity index (χ1) is 13.0. The van der Waals surface area contributed by atoms with E-state index in [0.29, 0.717) is 5.82 Å². The van der Waals surface area contributed by atoms with Crippen molar-refractivity contribution in [3.63, 3.8) is 0 Å². The highest BCUT2D eigenvalue weighted by molar-refractivity contribution is 9.10. The van der Waals surface area contributed by atoms with Gasteiger partial charge in [0, 0.05) is 9.89 Å². The summed E-state index contributed by atoms with van der Waals surface area (Å²) in [6.45, 7) is 1.97. The van der Waals surface area contributed by atoms with Crippen LogP contribution in [-0.4, -0.2) is 26.1 Å².